The fraction of sp³-hybridized carbons (Fsp3) is 0.200. The number of ether oxygens (including phenoxy) is 1. The third-order valence-corrected chi connectivity index (χ3v) is 5.80. The van der Waals surface area contributed by atoms with Crippen LogP contribution in [0, 0.1) is 16.0 Å². The van der Waals surface area contributed by atoms with Gasteiger partial charge in [0.1, 0.15) is 5.75 Å². The van der Waals surface area contributed by atoms with Gasteiger partial charge in [0.25, 0.3) is 5.69 Å². The van der Waals surface area contributed by atoms with Gasteiger partial charge in [0.2, 0.25) is 5.91 Å². The lowest BCUT2D eigenvalue weighted by Crippen LogP contribution is -2.25. The monoisotopic (exact) mass is 444 g/mol. The first-order chi connectivity index (χ1) is 16.0. The van der Waals surface area contributed by atoms with E-state index in [0.29, 0.717) is 6.42 Å². The molecule has 1 atom stereocenters. The van der Waals surface area contributed by atoms with E-state index < -0.39 is 21.8 Å². The Morgan fingerprint density at radius 2 is 1.76 bits per heavy atom. The number of benzene rings is 3. The van der Waals surface area contributed by atoms with E-state index in [4.69, 9.17) is 4.74 Å². The molecule has 0 unspecified atom stereocenters. The van der Waals surface area contributed by atoms with Gasteiger partial charge in [0.05, 0.1) is 23.7 Å². The first-order valence-corrected chi connectivity index (χ1v) is 10.5. The predicted octanol–water partition coefficient (Wildman–Crippen LogP) is 3.52. The van der Waals surface area contributed by atoms with Crippen molar-refractivity contribution in [2.75, 3.05) is 6.61 Å². The number of hydrogen-bond donors (Lipinski definition) is 1. The van der Waals surface area contributed by atoms with E-state index in [0.717, 1.165) is 17.2 Å². The van der Waals surface area contributed by atoms with Crippen LogP contribution in [0.3, 0.4) is 0 Å². The molecule has 0 radical (unpaired) electrons. The molecule has 3 aromatic carbocycles. The molecule has 1 N–H and O–H groups in total. The van der Waals surface area contributed by atoms with Crippen molar-refractivity contribution >= 4 is 17.8 Å². The van der Waals surface area contributed by atoms with Crippen molar-refractivity contribution in [2.24, 2.45) is 11.0 Å². The van der Waals surface area contributed by atoms with Gasteiger partial charge in [0, 0.05) is 22.8 Å². The molecule has 1 aliphatic carbocycles. The molecule has 0 aromatic heterocycles. The topological polar surface area (TPSA) is 117 Å². The minimum absolute atomic E-state index is 0.131. The molecule has 8 nitrogen and oxygen atoms in total. The molecule has 1 saturated carbocycles. The molecule has 0 bridgehead atoms. The summed E-state index contributed by atoms with van der Waals surface area (Å²) in [6.45, 7) is 1.86. The molecule has 0 spiro atoms. The Kier molecular flexibility index (Phi) is 6.08. The Morgan fingerprint density at radius 1 is 1.15 bits per heavy atom. The zero-order valence-corrected chi connectivity index (χ0v) is 17.9. The molecule has 1 amide bonds. The van der Waals surface area contributed by atoms with E-state index in [1.165, 1.54) is 12.3 Å². The molecule has 1 fully saturated rings. The van der Waals surface area contributed by atoms with Gasteiger partial charge < -0.3 is 9.84 Å². The molecule has 1 aliphatic rings. The summed E-state index contributed by atoms with van der Waals surface area (Å²) in [5, 5.41) is 27.3. The summed E-state index contributed by atoms with van der Waals surface area (Å²) >= 11 is 0. The predicted molar refractivity (Wildman–Crippen MR) is 121 cm³/mol. The SMILES string of the molecule is CCOc1cc(/C=N\NC(=O)[C@@H]2CC2(c2ccccc2)c2ccccc2)cc([N+](=O)[O-])c1[O-]. The second-order valence-corrected chi connectivity index (χ2v) is 7.75. The van der Waals surface area contributed by atoms with E-state index in [1.807, 2.05) is 60.7 Å². The Morgan fingerprint density at radius 3 is 2.30 bits per heavy atom. The van der Waals surface area contributed by atoms with E-state index in [9.17, 15) is 20.0 Å². The van der Waals surface area contributed by atoms with E-state index in [-0.39, 0.29) is 29.7 Å². The minimum atomic E-state index is -0.795. The Hall–Kier alpha value is -4.20. The first-order valence-electron chi connectivity index (χ1n) is 10.5. The molecule has 168 valence electrons. The number of carbonyl (C=O) groups excluding carboxylic acids is 1. The molecule has 33 heavy (non-hydrogen) atoms. The average Bonchev–Trinajstić information content (AvgIpc) is 3.59. The van der Waals surface area contributed by atoms with Crippen LogP contribution in [0.15, 0.2) is 77.9 Å². The van der Waals surface area contributed by atoms with Crippen LogP contribution in [0.5, 0.6) is 11.5 Å². The van der Waals surface area contributed by atoms with Gasteiger partial charge in [-0.25, -0.2) is 5.43 Å². The summed E-state index contributed by atoms with van der Waals surface area (Å²) < 4.78 is 5.20. The molecular weight excluding hydrogens is 422 g/mol. The van der Waals surface area contributed by atoms with Crippen molar-refractivity contribution in [3.8, 4) is 11.5 Å². The fourth-order valence-electron chi connectivity index (χ4n) is 4.18. The van der Waals surface area contributed by atoms with Gasteiger partial charge in [-0.1, -0.05) is 60.7 Å². The summed E-state index contributed by atoms with van der Waals surface area (Å²) in [5.74, 6) is -1.49. The van der Waals surface area contributed by atoms with Gasteiger partial charge in [-0.3, -0.25) is 14.9 Å². The molecule has 4 rings (SSSR count). The summed E-state index contributed by atoms with van der Waals surface area (Å²) in [6.07, 6.45) is 1.91. The van der Waals surface area contributed by atoms with Gasteiger partial charge in [-0.2, -0.15) is 5.10 Å². The lowest BCUT2D eigenvalue weighted by Gasteiger charge is -2.18. The number of hydrazone groups is 1. The lowest BCUT2D eigenvalue weighted by molar-refractivity contribution is -0.398. The Labute approximate surface area is 190 Å². The van der Waals surface area contributed by atoms with Crippen LogP contribution in [-0.2, 0) is 10.2 Å². The Balaban J connectivity index is 1.54. The molecule has 3 aromatic rings. The summed E-state index contributed by atoms with van der Waals surface area (Å²) in [4.78, 5) is 23.4. The smallest absolute Gasteiger partial charge is 0.266 e. The molecule has 8 heteroatoms. The standard InChI is InChI=1S/C25H23N3O5/c1-2-33-22-14-17(13-21(23(22)29)28(31)32)16-26-27-24(30)20-15-25(20,18-9-5-3-6-10-18)19-11-7-4-8-12-19/h3-14,16,20,29H,2,15H2,1H3,(H,27,30)/p-1/b26-16-/t20-/m0/s1. The number of nitro benzene ring substituents is 1. The van der Waals surface area contributed by atoms with E-state index in [1.54, 1.807) is 6.92 Å². The van der Waals surface area contributed by atoms with Gasteiger partial charge in [-0.15, -0.1) is 0 Å². The van der Waals surface area contributed by atoms with Crippen LogP contribution >= 0.6 is 0 Å². The van der Waals surface area contributed by atoms with Crippen LogP contribution in [0.1, 0.15) is 30.0 Å². The third-order valence-electron chi connectivity index (χ3n) is 5.80. The summed E-state index contributed by atoms with van der Waals surface area (Å²) in [6, 6.07) is 22.2. The van der Waals surface area contributed by atoms with Crippen LogP contribution in [0.4, 0.5) is 5.69 Å². The minimum Gasteiger partial charge on any atom is -0.865 e. The largest absolute Gasteiger partial charge is 0.865 e. The highest BCUT2D eigenvalue weighted by Gasteiger charge is 2.60. The maximum Gasteiger partial charge on any atom is 0.266 e. The highest BCUT2D eigenvalue weighted by atomic mass is 16.6. The molecular formula is C25H22N3O5-. The van der Waals surface area contributed by atoms with Gasteiger partial charge in [0.15, 0.2) is 0 Å². The van der Waals surface area contributed by atoms with Crippen molar-refractivity contribution in [1.82, 2.24) is 5.43 Å². The quantitative estimate of drug-likeness (QED) is 0.324. The highest BCUT2D eigenvalue weighted by molar-refractivity contribution is 5.88. The van der Waals surface area contributed by atoms with Crippen molar-refractivity contribution in [1.29, 1.82) is 0 Å². The van der Waals surface area contributed by atoms with Crippen LogP contribution in [-0.4, -0.2) is 23.7 Å². The molecule has 0 aliphatic heterocycles. The number of hydrogen-bond acceptors (Lipinski definition) is 6. The van der Waals surface area contributed by atoms with Crippen LogP contribution in [0.25, 0.3) is 0 Å². The summed E-state index contributed by atoms with van der Waals surface area (Å²) in [7, 11) is 0. The van der Waals surface area contributed by atoms with E-state index >= 15 is 0 Å². The van der Waals surface area contributed by atoms with Gasteiger partial charge in [-0.05, 0) is 30.5 Å². The highest BCUT2D eigenvalue weighted by Crippen LogP contribution is 2.58. The number of nitro groups is 1. The zero-order valence-electron chi connectivity index (χ0n) is 17.9. The fourth-order valence-corrected chi connectivity index (χ4v) is 4.18. The van der Waals surface area contributed by atoms with Crippen molar-refractivity contribution < 1.29 is 19.6 Å². The second-order valence-electron chi connectivity index (χ2n) is 7.75. The van der Waals surface area contributed by atoms with Crippen molar-refractivity contribution in [3.63, 3.8) is 0 Å². The number of nitrogens with zero attached hydrogens (tertiary/aromatic N) is 2. The number of amides is 1. The molecule has 0 heterocycles. The van der Waals surface area contributed by atoms with Crippen molar-refractivity contribution in [3.05, 3.63) is 99.6 Å². The maximum absolute atomic E-state index is 12.9. The summed E-state index contributed by atoms with van der Waals surface area (Å²) in [5.41, 5.74) is 3.91. The number of nitrogens with one attached hydrogen (secondary N) is 1. The van der Waals surface area contributed by atoms with Crippen LogP contribution in [0.2, 0.25) is 0 Å². The number of rotatable bonds is 8. The van der Waals surface area contributed by atoms with Gasteiger partial charge >= 0.3 is 0 Å². The maximum atomic E-state index is 12.9. The number of carbonyl (C=O) groups is 1. The lowest BCUT2D eigenvalue weighted by atomic mass is 9.85. The van der Waals surface area contributed by atoms with Crippen molar-refractivity contribution in [2.45, 2.75) is 18.8 Å². The average molecular weight is 444 g/mol. The van der Waals surface area contributed by atoms with Crippen LogP contribution < -0.4 is 15.3 Å². The normalized spacial score (nSPS) is 16.3. The zero-order chi connectivity index (χ0) is 23.4. The van der Waals surface area contributed by atoms with E-state index in [2.05, 4.69) is 10.5 Å². The Bertz CT molecular complexity index is 1160. The first kappa shape index (κ1) is 22.0. The molecule has 0 saturated heterocycles. The third kappa shape index (κ3) is 4.27. The second kappa shape index (κ2) is 9.12.